The summed E-state index contributed by atoms with van der Waals surface area (Å²) < 4.78 is 26.2. The number of amides is 1. The summed E-state index contributed by atoms with van der Waals surface area (Å²) in [5.41, 5.74) is 2.99. The van der Waals surface area contributed by atoms with Crippen molar-refractivity contribution in [3.63, 3.8) is 0 Å². The molecule has 0 aliphatic carbocycles. The van der Waals surface area contributed by atoms with Crippen molar-refractivity contribution in [2.24, 2.45) is 0 Å². The van der Waals surface area contributed by atoms with Gasteiger partial charge in [0.25, 0.3) is 5.91 Å². The Bertz CT molecular complexity index is 1400. The molecule has 1 N–H and O–H groups in total. The first kappa shape index (κ1) is 20.8. The maximum Gasteiger partial charge on any atom is 0.272 e. The van der Waals surface area contributed by atoms with E-state index >= 15 is 0 Å². The van der Waals surface area contributed by atoms with Gasteiger partial charge in [-0.2, -0.15) is 0 Å². The van der Waals surface area contributed by atoms with Crippen LogP contribution in [0.4, 0.5) is 0 Å². The summed E-state index contributed by atoms with van der Waals surface area (Å²) in [5, 5.41) is 4.86. The fourth-order valence-electron chi connectivity index (χ4n) is 4.13. The number of thiophene rings is 1. The Kier molecular flexibility index (Phi) is 5.26. The molecule has 4 aromatic rings. The van der Waals surface area contributed by atoms with E-state index in [4.69, 9.17) is 0 Å². The largest absolute Gasteiger partial charge is 0.346 e. The van der Waals surface area contributed by atoms with E-state index in [-0.39, 0.29) is 29.1 Å². The maximum absolute atomic E-state index is 13.2. The highest BCUT2D eigenvalue weighted by Gasteiger charge is 2.32. The van der Waals surface area contributed by atoms with Gasteiger partial charge >= 0.3 is 0 Å². The van der Waals surface area contributed by atoms with Crippen molar-refractivity contribution in [2.45, 2.75) is 25.9 Å². The van der Waals surface area contributed by atoms with Crippen molar-refractivity contribution in [3.8, 4) is 10.6 Å². The molecule has 1 aliphatic heterocycles. The van der Waals surface area contributed by atoms with Crippen LogP contribution in [0.5, 0.6) is 0 Å². The highest BCUT2D eigenvalue weighted by molar-refractivity contribution is 7.91. The van der Waals surface area contributed by atoms with Gasteiger partial charge in [0.05, 0.1) is 33.6 Å². The minimum atomic E-state index is -3.07. The van der Waals surface area contributed by atoms with Crippen LogP contribution in [0.1, 0.15) is 34.3 Å². The van der Waals surface area contributed by atoms with E-state index in [0.717, 1.165) is 16.0 Å². The molecule has 0 saturated carbocycles. The molecular weight excluding hydrogens is 446 g/mol. The molecule has 1 unspecified atom stereocenters. The quantitative estimate of drug-likeness (QED) is 0.483. The van der Waals surface area contributed by atoms with Crippen LogP contribution in [-0.2, 0) is 16.4 Å². The number of aryl methyl sites for hydroxylation is 1. The molecule has 0 bridgehead atoms. The van der Waals surface area contributed by atoms with Crippen LogP contribution >= 0.6 is 11.3 Å². The SMILES string of the molecule is Cc1nc2c(C(=O)NCc3cccnc3)nc(-c3cccs3)cc2n1C1CCS(=O)(=O)C1. The van der Waals surface area contributed by atoms with Crippen molar-refractivity contribution in [1.82, 2.24) is 24.8 Å². The molecule has 0 radical (unpaired) electrons. The minimum Gasteiger partial charge on any atom is -0.346 e. The second-order valence-electron chi connectivity index (χ2n) is 7.83. The summed E-state index contributed by atoms with van der Waals surface area (Å²) in [6.45, 7) is 2.16. The lowest BCUT2D eigenvalue weighted by Gasteiger charge is -2.14. The van der Waals surface area contributed by atoms with Gasteiger partial charge in [0.1, 0.15) is 11.3 Å². The zero-order chi connectivity index (χ0) is 22.3. The number of hydrogen-bond acceptors (Lipinski definition) is 7. The maximum atomic E-state index is 13.2. The van der Waals surface area contributed by atoms with Gasteiger partial charge in [0.2, 0.25) is 0 Å². The van der Waals surface area contributed by atoms with Crippen LogP contribution in [0.25, 0.3) is 21.6 Å². The summed E-state index contributed by atoms with van der Waals surface area (Å²) in [5.74, 6) is 0.589. The van der Waals surface area contributed by atoms with Gasteiger partial charge in [-0.05, 0) is 42.5 Å². The van der Waals surface area contributed by atoms with E-state index in [9.17, 15) is 13.2 Å². The molecule has 4 aromatic heterocycles. The number of carbonyl (C=O) groups excluding carboxylic acids is 1. The smallest absolute Gasteiger partial charge is 0.272 e. The Hall–Kier alpha value is -3.11. The number of aromatic nitrogens is 4. The van der Waals surface area contributed by atoms with Crippen molar-refractivity contribution in [1.29, 1.82) is 0 Å². The number of rotatable bonds is 5. The number of nitrogens with one attached hydrogen (secondary N) is 1. The number of imidazole rings is 1. The lowest BCUT2D eigenvalue weighted by atomic mass is 10.2. The molecular formula is C22H21N5O3S2. The Morgan fingerprint density at radius 3 is 2.84 bits per heavy atom. The average Bonchev–Trinajstić information content (AvgIpc) is 3.50. The number of carbonyl (C=O) groups is 1. The van der Waals surface area contributed by atoms with Crippen LogP contribution in [0, 0.1) is 6.92 Å². The van der Waals surface area contributed by atoms with Gasteiger partial charge in [-0.1, -0.05) is 12.1 Å². The Balaban J connectivity index is 1.60. The van der Waals surface area contributed by atoms with Gasteiger partial charge in [0, 0.05) is 18.9 Å². The van der Waals surface area contributed by atoms with Crippen LogP contribution in [0.2, 0.25) is 0 Å². The molecule has 32 heavy (non-hydrogen) atoms. The summed E-state index contributed by atoms with van der Waals surface area (Å²) in [6.07, 6.45) is 3.91. The number of pyridine rings is 2. The van der Waals surface area contributed by atoms with E-state index in [1.54, 1.807) is 12.4 Å². The van der Waals surface area contributed by atoms with Gasteiger partial charge in [-0.3, -0.25) is 9.78 Å². The third-order valence-electron chi connectivity index (χ3n) is 5.59. The molecule has 8 nitrogen and oxygen atoms in total. The fourth-order valence-corrected chi connectivity index (χ4v) is 6.51. The molecule has 5 rings (SSSR count). The lowest BCUT2D eigenvalue weighted by Crippen LogP contribution is -2.24. The Morgan fingerprint density at radius 2 is 2.16 bits per heavy atom. The van der Waals surface area contributed by atoms with Crippen LogP contribution in [0.3, 0.4) is 0 Å². The van der Waals surface area contributed by atoms with Crippen molar-refractivity contribution >= 4 is 38.1 Å². The summed E-state index contributed by atoms with van der Waals surface area (Å²) >= 11 is 1.53. The average molecular weight is 468 g/mol. The first-order valence-electron chi connectivity index (χ1n) is 10.2. The third-order valence-corrected chi connectivity index (χ3v) is 8.24. The molecule has 1 saturated heterocycles. The van der Waals surface area contributed by atoms with E-state index in [1.807, 2.05) is 47.2 Å². The van der Waals surface area contributed by atoms with E-state index in [0.29, 0.717) is 30.0 Å². The topological polar surface area (TPSA) is 107 Å². The number of hydrogen-bond donors (Lipinski definition) is 1. The van der Waals surface area contributed by atoms with Crippen LogP contribution in [0.15, 0.2) is 48.1 Å². The summed E-state index contributed by atoms with van der Waals surface area (Å²) in [6, 6.07) is 9.29. The van der Waals surface area contributed by atoms with Crippen LogP contribution in [-0.4, -0.2) is 45.3 Å². The Labute approximate surface area is 189 Å². The second-order valence-corrected chi connectivity index (χ2v) is 11.0. The molecule has 1 aliphatic rings. The first-order valence-corrected chi connectivity index (χ1v) is 12.9. The first-order chi connectivity index (χ1) is 15.4. The summed E-state index contributed by atoms with van der Waals surface area (Å²) in [7, 11) is -3.07. The molecule has 0 aromatic carbocycles. The predicted molar refractivity (Wildman–Crippen MR) is 123 cm³/mol. The minimum absolute atomic E-state index is 0.0818. The Morgan fingerprint density at radius 1 is 1.28 bits per heavy atom. The molecule has 1 fully saturated rings. The van der Waals surface area contributed by atoms with Gasteiger partial charge in [0.15, 0.2) is 15.5 Å². The highest BCUT2D eigenvalue weighted by atomic mass is 32.2. The number of sulfone groups is 1. The zero-order valence-corrected chi connectivity index (χ0v) is 19.0. The van der Waals surface area contributed by atoms with Crippen molar-refractivity contribution < 1.29 is 13.2 Å². The highest BCUT2D eigenvalue weighted by Crippen LogP contribution is 2.33. The van der Waals surface area contributed by atoms with Crippen molar-refractivity contribution in [2.75, 3.05) is 11.5 Å². The molecule has 0 spiro atoms. The van der Waals surface area contributed by atoms with E-state index in [1.165, 1.54) is 11.3 Å². The fraction of sp³-hybridized carbons (Fsp3) is 0.273. The van der Waals surface area contributed by atoms with Crippen LogP contribution < -0.4 is 5.32 Å². The van der Waals surface area contributed by atoms with E-state index in [2.05, 4.69) is 20.3 Å². The molecule has 164 valence electrons. The zero-order valence-electron chi connectivity index (χ0n) is 17.4. The van der Waals surface area contributed by atoms with Crippen molar-refractivity contribution in [3.05, 3.63) is 65.2 Å². The molecule has 5 heterocycles. The standard InChI is InChI=1S/C22H21N5O3S2/c1-14-25-20-18(27(14)16-6-9-32(29,30)13-16)10-17(19-5-3-8-31-19)26-21(20)22(28)24-12-15-4-2-7-23-11-15/h2-5,7-8,10-11,16H,6,9,12-13H2,1H3,(H,24,28). The molecule has 1 amide bonds. The molecule has 1 atom stereocenters. The second kappa shape index (κ2) is 8.10. The summed E-state index contributed by atoms with van der Waals surface area (Å²) in [4.78, 5) is 27.5. The number of nitrogens with zero attached hydrogens (tertiary/aromatic N) is 4. The third kappa shape index (κ3) is 3.91. The van der Waals surface area contributed by atoms with Gasteiger partial charge in [-0.25, -0.2) is 18.4 Å². The molecule has 10 heteroatoms. The monoisotopic (exact) mass is 467 g/mol. The van der Waals surface area contributed by atoms with Gasteiger partial charge in [-0.15, -0.1) is 11.3 Å². The predicted octanol–water partition coefficient (Wildman–Crippen LogP) is 3.15. The number of fused-ring (bicyclic) bond motifs is 1. The normalized spacial score (nSPS) is 17.6. The lowest BCUT2D eigenvalue weighted by molar-refractivity contribution is 0.0947. The van der Waals surface area contributed by atoms with Gasteiger partial charge < -0.3 is 9.88 Å². The van der Waals surface area contributed by atoms with E-state index < -0.39 is 9.84 Å².